The molecule has 0 nitrogen and oxygen atoms in total. The summed E-state index contributed by atoms with van der Waals surface area (Å²) in [7, 11) is 0. The molecule has 0 saturated carbocycles. The van der Waals surface area contributed by atoms with Crippen LogP contribution in [0.2, 0.25) is 16.7 Å². The van der Waals surface area contributed by atoms with Crippen LogP contribution in [0.25, 0.3) is 0 Å². The van der Waals surface area contributed by atoms with Gasteiger partial charge in [0, 0.05) is 0 Å². The summed E-state index contributed by atoms with van der Waals surface area (Å²) in [6, 6.07) is 0. The fraction of sp³-hybridized carbons (Fsp3) is 0.375. The molecular formula is C16H20Cl2SSiZr. The van der Waals surface area contributed by atoms with E-state index < -0.39 is 20.4 Å². The van der Waals surface area contributed by atoms with Gasteiger partial charge in [-0.2, -0.15) is 0 Å². The van der Waals surface area contributed by atoms with E-state index in [2.05, 4.69) is 63.4 Å². The summed E-state index contributed by atoms with van der Waals surface area (Å²) in [5.41, 5.74) is 3.06. The average molecular weight is 435 g/mol. The van der Waals surface area contributed by atoms with Crippen molar-refractivity contribution < 1.29 is 45.2 Å². The van der Waals surface area contributed by atoms with Gasteiger partial charge in [-0.1, -0.05) is 0 Å². The molecule has 0 aromatic carbocycles. The maximum Gasteiger partial charge on any atom is -1.00 e. The minimum atomic E-state index is -1.57. The Hall–Kier alpha value is 0.730. The van der Waals surface area contributed by atoms with Gasteiger partial charge in [0.05, 0.1) is 0 Å². The predicted octanol–water partition coefficient (Wildman–Crippen LogP) is -0.989. The van der Waals surface area contributed by atoms with E-state index in [0.717, 1.165) is 3.63 Å². The molecule has 1 unspecified atom stereocenters. The first-order valence-electron chi connectivity index (χ1n) is 6.92. The van der Waals surface area contributed by atoms with Gasteiger partial charge < -0.3 is 24.8 Å². The van der Waals surface area contributed by atoms with Crippen LogP contribution < -0.4 is 24.8 Å². The zero-order chi connectivity index (χ0) is 13.6. The predicted molar refractivity (Wildman–Crippen MR) is 85.4 cm³/mol. The van der Waals surface area contributed by atoms with Gasteiger partial charge in [-0.25, -0.2) is 0 Å². The number of halogens is 2. The summed E-state index contributed by atoms with van der Waals surface area (Å²) in [6.45, 7) is 9.76. The number of hydrogen-bond acceptors (Lipinski definition) is 1. The van der Waals surface area contributed by atoms with Crippen LogP contribution in [0.1, 0.15) is 13.8 Å². The minimum absolute atomic E-state index is 0. The normalized spacial score (nSPS) is 22.1. The summed E-state index contributed by atoms with van der Waals surface area (Å²) >= 11 is 0.482. The van der Waals surface area contributed by atoms with E-state index in [4.69, 9.17) is 0 Å². The van der Waals surface area contributed by atoms with Crippen LogP contribution in [-0.4, -0.2) is 10.7 Å². The molecule has 5 heteroatoms. The SMILES string of the molecule is CC1=[C]([Zr+2]([CH]2C=CC=C2)=[Si](C)C)C2=CC(C)SC2=C1.[Cl-].[Cl-]. The van der Waals surface area contributed by atoms with E-state index >= 15 is 0 Å². The largest absolute Gasteiger partial charge is 1.00 e. The molecule has 112 valence electrons. The zero-order valence-corrected chi connectivity index (χ0v) is 18.6. The topological polar surface area (TPSA) is 0 Å². The van der Waals surface area contributed by atoms with Crippen LogP contribution >= 0.6 is 11.8 Å². The summed E-state index contributed by atoms with van der Waals surface area (Å²) < 4.78 is 2.65. The quantitative estimate of drug-likeness (QED) is 0.503. The Morgan fingerprint density at radius 2 is 1.76 bits per heavy atom. The summed E-state index contributed by atoms with van der Waals surface area (Å²) in [4.78, 5) is 1.56. The maximum atomic E-state index is 2.55. The van der Waals surface area contributed by atoms with Crippen molar-refractivity contribution in [3.8, 4) is 0 Å². The molecule has 0 aromatic rings. The maximum absolute atomic E-state index is 2.55. The smallest absolute Gasteiger partial charge is 1.00 e. The van der Waals surface area contributed by atoms with Crippen LogP contribution in [-0.2, 0) is 20.4 Å². The Bertz CT molecular complexity index is 610. The molecule has 0 bridgehead atoms. The van der Waals surface area contributed by atoms with Gasteiger partial charge in [-0.05, 0) is 0 Å². The molecule has 3 aliphatic rings. The Balaban J connectivity index is 0.00000110. The zero-order valence-electron chi connectivity index (χ0n) is 12.8. The number of thioether (sulfide) groups is 1. The monoisotopic (exact) mass is 432 g/mol. The number of hydrogen-bond donors (Lipinski definition) is 0. The van der Waals surface area contributed by atoms with Crippen molar-refractivity contribution in [2.75, 3.05) is 0 Å². The van der Waals surface area contributed by atoms with Crippen LogP contribution in [0.5, 0.6) is 0 Å². The first-order valence-corrected chi connectivity index (χ1v) is 16.6. The van der Waals surface area contributed by atoms with Gasteiger partial charge in [0.15, 0.2) is 0 Å². The molecule has 0 aromatic heterocycles. The van der Waals surface area contributed by atoms with E-state index in [1.165, 1.54) is 0 Å². The Labute approximate surface area is 152 Å². The van der Waals surface area contributed by atoms with Crippen molar-refractivity contribution in [3.63, 3.8) is 0 Å². The number of fused-ring (bicyclic) bond motifs is 1. The van der Waals surface area contributed by atoms with Crippen molar-refractivity contribution in [2.45, 2.75) is 35.8 Å². The van der Waals surface area contributed by atoms with Gasteiger partial charge in [0.2, 0.25) is 0 Å². The summed E-state index contributed by atoms with van der Waals surface area (Å²) in [5, 5.41) is 0.674. The molecule has 0 radical (unpaired) electrons. The van der Waals surface area contributed by atoms with Crippen LogP contribution in [0.4, 0.5) is 0 Å². The molecule has 21 heavy (non-hydrogen) atoms. The second-order valence-electron chi connectivity index (χ2n) is 5.68. The van der Waals surface area contributed by atoms with Crippen LogP contribution in [0.3, 0.4) is 0 Å². The van der Waals surface area contributed by atoms with Gasteiger partial charge in [0.25, 0.3) is 0 Å². The average Bonchev–Trinajstić information content (AvgIpc) is 2.99. The van der Waals surface area contributed by atoms with Crippen molar-refractivity contribution in [3.05, 3.63) is 55.8 Å². The van der Waals surface area contributed by atoms with Crippen molar-refractivity contribution in [1.82, 2.24) is 0 Å². The molecule has 0 saturated heterocycles. The third-order valence-corrected chi connectivity index (χ3v) is 23.0. The fourth-order valence-corrected chi connectivity index (χ4v) is 22.2. The first kappa shape index (κ1) is 19.8. The fourth-order valence-electron chi connectivity index (χ4n) is 3.15. The molecule has 2 aliphatic carbocycles. The number of allylic oxidation sites excluding steroid dienone is 8. The van der Waals surface area contributed by atoms with E-state index in [1.54, 1.807) is 16.1 Å². The van der Waals surface area contributed by atoms with Crippen molar-refractivity contribution in [2.24, 2.45) is 0 Å². The third-order valence-electron chi connectivity index (χ3n) is 3.88. The molecule has 0 N–H and O–H groups in total. The summed E-state index contributed by atoms with van der Waals surface area (Å²) in [6.07, 6.45) is 14.4. The second kappa shape index (κ2) is 8.02. The Morgan fingerprint density at radius 3 is 2.33 bits per heavy atom. The van der Waals surface area contributed by atoms with Gasteiger partial charge >= 0.3 is 129 Å². The van der Waals surface area contributed by atoms with E-state index in [9.17, 15) is 0 Å². The molecule has 1 atom stereocenters. The van der Waals surface area contributed by atoms with Crippen LogP contribution in [0.15, 0.2) is 55.8 Å². The van der Waals surface area contributed by atoms with E-state index in [0.29, 0.717) is 5.25 Å². The minimum Gasteiger partial charge on any atom is -1.00 e. The Morgan fingerprint density at radius 1 is 1.14 bits per heavy atom. The van der Waals surface area contributed by atoms with Gasteiger partial charge in [-0.15, -0.1) is 0 Å². The molecule has 1 aliphatic heterocycles. The molecule has 0 fully saturated rings. The van der Waals surface area contributed by atoms with E-state index in [-0.39, 0.29) is 30.2 Å². The molecular weight excluding hydrogens is 414 g/mol. The van der Waals surface area contributed by atoms with E-state index in [1.807, 2.05) is 15.0 Å². The molecule has 3 rings (SSSR count). The van der Waals surface area contributed by atoms with Crippen molar-refractivity contribution >= 4 is 17.2 Å². The second-order valence-corrected chi connectivity index (χ2v) is 24.6. The number of rotatable bonds is 2. The van der Waals surface area contributed by atoms with Gasteiger partial charge in [0.1, 0.15) is 0 Å². The molecule has 1 heterocycles. The summed E-state index contributed by atoms with van der Waals surface area (Å²) in [5.74, 6) is 0. The van der Waals surface area contributed by atoms with Crippen LogP contribution in [0, 0.1) is 0 Å². The first-order chi connectivity index (χ1) is 9.08. The molecule has 0 spiro atoms. The van der Waals surface area contributed by atoms with Gasteiger partial charge in [-0.3, -0.25) is 0 Å². The third kappa shape index (κ3) is 3.80. The Kier molecular flexibility index (Phi) is 7.55. The van der Waals surface area contributed by atoms with Crippen molar-refractivity contribution in [1.29, 1.82) is 0 Å². The molecule has 0 amide bonds. The standard InChI is InChI=1S/C9H9S.C5H5.C2H6Si.2ClH.Zr/c1-6-3-8-5-7(2)10-9(8)4-6;1-2-4-5-3-1;1-3-2;;;/h4-5,7H,1-2H3;1-5H;1-2H3;2*1H;/q;;;;;+2/p-2.